The molecule has 10 nitrogen and oxygen atoms in total. The van der Waals surface area contributed by atoms with Crippen LogP contribution in [0.15, 0.2) is 57.7 Å². The van der Waals surface area contributed by atoms with Gasteiger partial charge in [-0.25, -0.2) is 17.7 Å². The molecule has 0 unspecified atom stereocenters. The van der Waals surface area contributed by atoms with E-state index in [1.165, 1.54) is 17.0 Å². The van der Waals surface area contributed by atoms with Crippen molar-refractivity contribution >= 4 is 22.8 Å². The van der Waals surface area contributed by atoms with E-state index in [0.717, 1.165) is 54.4 Å². The lowest BCUT2D eigenvalue weighted by atomic mass is 9.71. The van der Waals surface area contributed by atoms with Gasteiger partial charge in [0, 0.05) is 39.1 Å². The van der Waals surface area contributed by atoms with Gasteiger partial charge in [-0.15, -0.1) is 0 Å². The third-order valence-corrected chi connectivity index (χ3v) is 11.4. The zero-order chi connectivity index (χ0) is 29.2. The van der Waals surface area contributed by atoms with Gasteiger partial charge in [0.25, 0.3) is 0 Å². The van der Waals surface area contributed by atoms with E-state index in [1.54, 1.807) is 12.4 Å². The molecule has 1 saturated carbocycles. The van der Waals surface area contributed by atoms with Crippen molar-refractivity contribution in [1.82, 2.24) is 17.6 Å². The number of imidazole rings is 1. The highest BCUT2D eigenvalue weighted by Gasteiger charge is 2.44. The van der Waals surface area contributed by atoms with Crippen molar-refractivity contribution < 1.29 is 26.1 Å². The molecule has 7 rings (SSSR count). The summed E-state index contributed by atoms with van der Waals surface area (Å²) in [6.07, 6.45) is 4.71. The van der Waals surface area contributed by atoms with Crippen molar-refractivity contribution in [1.29, 1.82) is 0 Å². The van der Waals surface area contributed by atoms with Crippen LogP contribution in [0.4, 0.5) is 13.2 Å². The first-order chi connectivity index (χ1) is 20.2. The van der Waals surface area contributed by atoms with Crippen LogP contribution in [-0.4, -0.2) is 62.5 Å². The SMILES string of the molecule is CN1CCCN(Cc2cc(C(F)(F)F)c3cn(-c4cccc([C@H]([C]5N=NC=[N+]5C)C5CCC5)c4)c(=O)n3c2)S12OCO2. The van der Waals surface area contributed by atoms with E-state index in [4.69, 9.17) is 8.37 Å². The predicted molar refractivity (Wildman–Crippen MR) is 151 cm³/mol. The monoisotopic (exact) mass is 603 g/mol. The second-order valence-electron chi connectivity index (χ2n) is 11.2. The van der Waals surface area contributed by atoms with Crippen molar-refractivity contribution in [2.24, 2.45) is 16.1 Å². The van der Waals surface area contributed by atoms with Gasteiger partial charge in [-0.1, -0.05) is 29.5 Å². The lowest BCUT2D eigenvalue weighted by Crippen LogP contribution is -2.50. The summed E-state index contributed by atoms with van der Waals surface area (Å²) in [5.41, 5.74) is 0.192. The molecule has 3 aliphatic heterocycles. The molecule has 14 heteroatoms. The number of fused-ring (bicyclic) bond motifs is 1. The lowest BCUT2D eigenvalue weighted by molar-refractivity contribution is -0.480. The van der Waals surface area contributed by atoms with Crippen LogP contribution in [0, 0.1) is 12.1 Å². The Morgan fingerprint density at radius 2 is 1.95 bits per heavy atom. The standard InChI is InChI=1S/C28H32F3N7O3S/c1-34-17-32-33-26(34)25(20-6-3-7-20)21-8-4-9-22(13-21)37-16-24-23(28(29,30)31)12-19(15-38(24)27(37)39)14-36-11-5-10-35(2)42(36)40-18-41-42/h4,8-9,12-13,15-17,20,25H,3,5-7,10-11,14,18H2,1-2H3/q+1/t25-/m1/s1. The van der Waals surface area contributed by atoms with Crippen molar-refractivity contribution in [3.63, 3.8) is 0 Å². The normalized spacial score (nSPS) is 23.2. The van der Waals surface area contributed by atoms with Crippen LogP contribution < -0.4 is 5.69 Å². The molecule has 1 spiro atoms. The Hall–Kier alpha value is -3.04. The minimum Gasteiger partial charge on any atom is -0.267 e. The van der Waals surface area contributed by atoms with Gasteiger partial charge in [0.1, 0.15) is 0 Å². The molecule has 4 aliphatic rings. The Bertz CT molecular complexity index is 1640. The molecule has 0 N–H and O–H groups in total. The zero-order valence-electron chi connectivity index (χ0n) is 23.3. The van der Waals surface area contributed by atoms with E-state index >= 15 is 0 Å². The van der Waals surface area contributed by atoms with Crippen molar-refractivity contribution in [3.05, 3.63) is 76.1 Å². The van der Waals surface area contributed by atoms with E-state index in [9.17, 15) is 18.0 Å². The highest BCUT2D eigenvalue weighted by molar-refractivity contribution is 8.22. The third-order valence-electron chi connectivity index (χ3n) is 8.65. The molecule has 42 heavy (non-hydrogen) atoms. The number of likely N-dealkylation sites (N-methyl/N-ethyl adjacent to an activating group) is 1. The summed E-state index contributed by atoms with van der Waals surface area (Å²) in [6.45, 7) is 1.71. The number of halogens is 3. The number of benzene rings is 1. The van der Waals surface area contributed by atoms with Crippen LogP contribution in [0.5, 0.6) is 0 Å². The molecule has 1 radical (unpaired) electrons. The van der Waals surface area contributed by atoms with E-state index in [0.29, 0.717) is 23.7 Å². The van der Waals surface area contributed by atoms with Crippen LogP contribution in [-0.2, 0) is 21.1 Å². The lowest BCUT2D eigenvalue weighted by Gasteiger charge is -2.61. The Kier molecular flexibility index (Phi) is 6.81. The molecule has 3 aromatic rings. The molecule has 3 fully saturated rings. The quantitative estimate of drug-likeness (QED) is 0.361. The second kappa shape index (κ2) is 10.3. The molecule has 2 aromatic heterocycles. The van der Waals surface area contributed by atoms with Crippen LogP contribution in [0.2, 0.25) is 0 Å². The second-order valence-corrected chi connectivity index (χ2v) is 13.7. The first-order valence-electron chi connectivity index (χ1n) is 14.0. The average molecular weight is 604 g/mol. The maximum Gasteiger partial charge on any atom is 0.418 e. The molecular weight excluding hydrogens is 571 g/mol. The molecule has 1 aliphatic carbocycles. The zero-order valence-corrected chi connectivity index (χ0v) is 24.1. The number of hydrogen-bond acceptors (Lipinski definition) is 7. The van der Waals surface area contributed by atoms with Gasteiger partial charge >= 0.3 is 24.4 Å². The van der Waals surface area contributed by atoms with Crippen LogP contribution in [0.25, 0.3) is 11.2 Å². The molecule has 2 saturated heterocycles. The fraction of sp³-hybridized carbons (Fsp3) is 0.464. The summed E-state index contributed by atoms with van der Waals surface area (Å²) in [6, 6.07) is 8.59. The van der Waals surface area contributed by atoms with Gasteiger partial charge in [0.15, 0.2) is 6.79 Å². The summed E-state index contributed by atoms with van der Waals surface area (Å²) in [4.78, 5) is 13.7. The van der Waals surface area contributed by atoms with Crippen LogP contribution in [0.1, 0.15) is 48.3 Å². The maximum absolute atomic E-state index is 14.4. The van der Waals surface area contributed by atoms with Crippen LogP contribution >= 0.6 is 11.0 Å². The number of pyridine rings is 1. The summed E-state index contributed by atoms with van der Waals surface area (Å²) in [5, 5.41) is 8.43. The smallest absolute Gasteiger partial charge is 0.267 e. The topological polar surface area (TPSA) is 79.1 Å². The van der Waals surface area contributed by atoms with Gasteiger partial charge < -0.3 is 0 Å². The molecular formula is C28H32F3N7O3S+. The van der Waals surface area contributed by atoms with E-state index in [2.05, 4.69) is 10.2 Å². The minimum atomic E-state index is -4.66. The summed E-state index contributed by atoms with van der Waals surface area (Å²) in [5.74, 6) is 0.361. The highest BCUT2D eigenvalue weighted by Crippen LogP contribution is 2.64. The molecule has 0 amide bonds. The Morgan fingerprint density at radius 3 is 2.60 bits per heavy atom. The van der Waals surface area contributed by atoms with Gasteiger partial charge in [-0.3, -0.25) is 8.97 Å². The van der Waals surface area contributed by atoms with E-state index in [1.807, 2.05) is 45.5 Å². The summed E-state index contributed by atoms with van der Waals surface area (Å²) in [7, 11) is 1.67. The molecule has 5 heterocycles. The number of alkyl halides is 3. The van der Waals surface area contributed by atoms with Crippen molar-refractivity contribution in [2.45, 2.75) is 44.3 Å². The average Bonchev–Trinajstić information content (AvgIpc) is 3.47. The Labute approximate surface area is 242 Å². The first-order valence-corrected chi connectivity index (χ1v) is 15.4. The summed E-state index contributed by atoms with van der Waals surface area (Å²) >= 11 is 0. The molecule has 1 aromatic carbocycles. The Morgan fingerprint density at radius 1 is 1.14 bits per heavy atom. The molecule has 223 valence electrons. The fourth-order valence-corrected chi connectivity index (χ4v) is 8.67. The van der Waals surface area contributed by atoms with Gasteiger partial charge in [-0.2, -0.15) is 21.8 Å². The molecule has 1 atom stereocenters. The van der Waals surface area contributed by atoms with Gasteiger partial charge in [0.05, 0.1) is 34.8 Å². The minimum absolute atomic E-state index is 0.0234. The maximum atomic E-state index is 14.4. The number of azo groups is 1. The van der Waals surface area contributed by atoms with Gasteiger partial charge in [-0.05, 0) is 59.6 Å². The predicted octanol–water partition coefficient (Wildman–Crippen LogP) is 5.22. The Balaban J connectivity index is 1.29. The van der Waals surface area contributed by atoms with Gasteiger partial charge in [0.2, 0.25) is 0 Å². The largest absolute Gasteiger partial charge is 0.418 e. The first kappa shape index (κ1) is 27.8. The van der Waals surface area contributed by atoms with Crippen molar-refractivity contribution in [3.8, 4) is 5.69 Å². The van der Waals surface area contributed by atoms with Crippen LogP contribution in [0.3, 0.4) is 0 Å². The number of rotatable bonds is 6. The number of hydrogen-bond donors (Lipinski definition) is 0. The highest BCUT2D eigenvalue weighted by atomic mass is 32.3. The molecule has 0 bridgehead atoms. The number of nitrogens with zero attached hydrogens (tertiary/aromatic N) is 7. The third kappa shape index (κ3) is 4.51. The fourth-order valence-electron chi connectivity index (χ4n) is 6.32. The van der Waals surface area contributed by atoms with E-state index in [-0.39, 0.29) is 24.8 Å². The summed E-state index contributed by atoms with van der Waals surface area (Å²) < 4.78 is 63.1. The van der Waals surface area contributed by atoms with Crippen molar-refractivity contribution in [2.75, 3.05) is 34.0 Å². The number of aromatic nitrogens is 2. The van der Waals surface area contributed by atoms with E-state index < -0.39 is 28.4 Å².